The van der Waals surface area contributed by atoms with Crippen LogP contribution in [0.1, 0.15) is 0 Å². The molecular weight excluding hydrogens is 152 g/mol. The molecule has 0 spiro atoms. The topological polar surface area (TPSA) is 166 Å². The molecule has 0 amide bonds. The van der Waals surface area contributed by atoms with Gasteiger partial charge in [-0.05, 0) is 0 Å². The molecule has 0 fully saturated rings. The highest BCUT2D eigenvalue weighted by atomic mass is 16.9. The second-order valence-electron chi connectivity index (χ2n) is 0.401. The fraction of sp³-hybridized carbons (Fsp3) is 0. The van der Waals surface area contributed by atoms with Crippen LogP contribution in [0.3, 0.4) is 0 Å². The molecule has 0 aromatic carbocycles. The molecule has 0 rings (SSSR count). The van der Waals surface area contributed by atoms with Gasteiger partial charge in [-0.2, -0.15) is 0 Å². The van der Waals surface area contributed by atoms with E-state index in [4.69, 9.17) is 35.9 Å². The van der Waals surface area contributed by atoms with Crippen LogP contribution in [-0.4, -0.2) is 15.5 Å². The van der Waals surface area contributed by atoms with Gasteiger partial charge in [-0.3, -0.25) is 5.53 Å². The van der Waals surface area contributed by atoms with E-state index in [0.717, 1.165) is 0 Å². The molecule has 10 heteroatoms. The zero-order valence-corrected chi connectivity index (χ0v) is 4.32. The largest absolute Gasteiger partial charge is 0.379 e. The van der Waals surface area contributed by atoms with Crippen molar-refractivity contribution in [1.82, 2.24) is 4.97 Å². The Hall–Kier alpha value is -2.09. The Morgan fingerprint density at radius 1 is 1.70 bits per heavy atom. The molecule has 0 heterocycles. The molecule has 0 saturated heterocycles. The minimum atomic E-state index is -1.50. The summed E-state index contributed by atoms with van der Waals surface area (Å²) < 4.78 is 0. The molecule has 2 N–H and O–H groups in total. The van der Waals surface area contributed by atoms with Gasteiger partial charge in [-0.25, -0.2) is 0 Å². The van der Waals surface area contributed by atoms with Gasteiger partial charge in [-0.1, -0.05) is 0 Å². The van der Waals surface area contributed by atoms with E-state index >= 15 is 0 Å². The zero-order valence-electron chi connectivity index (χ0n) is 4.32. The van der Waals surface area contributed by atoms with E-state index in [-0.39, 0.29) is 0 Å². The third kappa shape index (κ3) is 32.6. The van der Waals surface area contributed by atoms with Gasteiger partial charge in [0.2, 0.25) is 0 Å². The predicted octanol–water partition coefficient (Wildman–Crippen LogP) is -0.364. The Bertz CT molecular complexity index is 107. The molecule has 0 aliphatic rings. The van der Waals surface area contributed by atoms with Crippen LogP contribution in [0, 0.1) is 19.9 Å². The van der Waals surface area contributed by atoms with E-state index in [0.29, 0.717) is 0 Å². The number of rotatable bonds is 0. The van der Waals surface area contributed by atoms with E-state index in [1.807, 2.05) is 0 Å². The molecule has 0 radical (unpaired) electrons. The molecule has 0 aromatic heterocycles. The lowest BCUT2D eigenvalue weighted by molar-refractivity contribution is -0.742. The minimum Gasteiger partial charge on any atom is -0.379 e. The van der Waals surface area contributed by atoms with Crippen molar-refractivity contribution in [2.24, 2.45) is 5.34 Å². The third-order valence-corrected chi connectivity index (χ3v) is 0. The van der Waals surface area contributed by atoms with Crippen molar-refractivity contribution in [2.45, 2.75) is 0 Å². The summed E-state index contributed by atoms with van der Waals surface area (Å²) in [5.74, 6) is 0. The normalized spacial score (nSPS) is 4.40. The van der Waals surface area contributed by atoms with Crippen LogP contribution in [0.4, 0.5) is 0 Å². The van der Waals surface area contributed by atoms with Gasteiger partial charge < -0.3 is 10.4 Å². The van der Waals surface area contributed by atoms with E-state index in [1.165, 1.54) is 10.3 Å². The summed E-state index contributed by atoms with van der Waals surface area (Å²) in [6, 6.07) is 0. The van der Waals surface area contributed by atoms with Crippen molar-refractivity contribution in [1.29, 1.82) is 0 Å². The molecule has 0 unspecified atom stereocenters. The zero-order chi connectivity index (χ0) is 8.99. The van der Waals surface area contributed by atoms with Gasteiger partial charge in [0, 0.05) is 0 Å². The summed E-state index contributed by atoms with van der Waals surface area (Å²) in [6.45, 7) is 0. The second kappa shape index (κ2) is 28.5. The Labute approximate surface area is 52.6 Å². The second-order valence-corrected chi connectivity index (χ2v) is 0.401. The summed E-state index contributed by atoms with van der Waals surface area (Å²) in [6.07, 6.45) is 0. The molecule has 58 valence electrons. The molecule has 0 aliphatic heterocycles. The van der Waals surface area contributed by atoms with Gasteiger partial charge in [0.25, 0.3) is 5.09 Å². The maximum Gasteiger partial charge on any atom is 0.291 e. The Morgan fingerprint density at radius 2 is 1.70 bits per heavy atom. The molecule has 0 aliphatic carbocycles. The van der Waals surface area contributed by atoms with Gasteiger partial charge >= 0.3 is 0 Å². The van der Waals surface area contributed by atoms with E-state index in [9.17, 15) is 0 Å². The summed E-state index contributed by atoms with van der Waals surface area (Å²) >= 11 is 0. The molecule has 0 aromatic rings. The van der Waals surface area contributed by atoms with Crippen LogP contribution in [0.2, 0.25) is 0 Å². The first kappa shape index (κ1) is 15.7. The number of hydrogen-bond acceptors (Lipinski definition) is 5. The van der Waals surface area contributed by atoms with Crippen LogP contribution in [0.5, 0.6) is 0 Å². The lowest BCUT2D eigenvalue weighted by Crippen LogP contribution is -1.81. The molecule has 0 saturated carbocycles. The van der Waals surface area contributed by atoms with Crippen LogP contribution in [0.25, 0.3) is 5.53 Å². The van der Waals surface area contributed by atoms with Crippen LogP contribution in [0.15, 0.2) is 5.34 Å². The predicted molar refractivity (Wildman–Crippen MR) is 25.2 cm³/mol. The number of hydrogen-bond donors (Lipinski definition) is 2. The van der Waals surface area contributed by atoms with Crippen molar-refractivity contribution >= 4 is 0 Å². The van der Waals surface area contributed by atoms with Gasteiger partial charge in [-0.15, -0.1) is 15.0 Å². The van der Waals surface area contributed by atoms with Crippen molar-refractivity contribution in [3.63, 3.8) is 0 Å². The standard InChI is InChI=1S/N2O.HNO3.HNO2/c1-2-3;2-1(3)4;2-1-3/h;(H,2,3,4);(H,2,3). The smallest absolute Gasteiger partial charge is 0.291 e. The number of nitroso groups, excluding NO2 is 1. The fourth-order valence-electron chi connectivity index (χ4n) is 0. The third-order valence-electron chi connectivity index (χ3n) is 0. The van der Waals surface area contributed by atoms with E-state index in [2.05, 4.69) is 0 Å². The van der Waals surface area contributed by atoms with Crippen LogP contribution in [-0.2, 0) is 0 Å². The van der Waals surface area contributed by atoms with Gasteiger partial charge in [0.05, 0.1) is 0 Å². The molecule has 10 heavy (non-hydrogen) atoms. The van der Waals surface area contributed by atoms with Crippen LogP contribution >= 0.6 is 0 Å². The Morgan fingerprint density at radius 3 is 1.70 bits per heavy atom. The molecule has 10 nitrogen and oxygen atoms in total. The maximum atomic E-state index is 8.36. The van der Waals surface area contributed by atoms with Crippen molar-refractivity contribution in [3.05, 3.63) is 25.5 Å². The first-order chi connectivity index (χ1) is 4.56. The van der Waals surface area contributed by atoms with E-state index in [1.54, 1.807) is 0 Å². The number of nitrogens with zero attached hydrogens (tertiary/aromatic N) is 4. The van der Waals surface area contributed by atoms with E-state index < -0.39 is 5.09 Å². The maximum absolute atomic E-state index is 8.36. The van der Waals surface area contributed by atoms with Crippen molar-refractivity contribution in [2.75, 3.05) is 0 Å². The Kier molecular flexibility index (Phi) is 44.7. The first-order valence-corrected chi connectivity index (χ1v) is 1.33. The quantitative estimate of drug-likeness (QED) is 0.158. The monoisotopic (exact) mass is 154 g/mol. The lowest BCUT2D eigenvalue weighted by Gasteiger charge is -1.56. The first-order valence-electron chi connectivity index (χ1n) is 1.33. The highest BCUT2D eigenvalue weighted by Gasteiger charge is 1.65. The molecule has 0 bridgehead atoms. The fourth-order valence-corrected chi connectivity index (χ4v) is 0. The van der Waals surface area contributed by atoms with Crippen LogP contribution < -0.4 is 4.97 Å². The van der Waals surface area contributed by atoms with Gasteiger partial charge in [0.1, 0.15) is 4.97 Å². The lowest BCUT2D eigenvalue weighted by atomic mass is 13.1. The van der Waals surface area contributed by atoms with Crippen molar-refractivity contribution < 1.29 is 15.5 Å². The highest BCUT2D eigenvalue weighted by molar-refractivity contribution is 3.92. The average Bonchev–Trinajstić information content (AvgIpc) is 1.65. The summed E-state index contributed by atoms with van der Waals surface area (Å²) in [7, 11) is 0. The molecular formula is H2N4O6. The summed E-state index contributed by atoms with van der Waals surface area (Å²) in [5.41, 5.74) is 6.64. The SMILES string of the molecule is O=NO.O=[N+]([O-])O.[N-]=[N+]=O. The summed E-state index contributed by atoms with van der Waals surface area (Å²) in [4.78, 5) is 25.8. The van der Waals surface area contributed by atoms with Crippen molar-refractivity contribution in [3.8, 4) is 0 Å². The Balaban J connectivity index is -0.0000000750. The van der Waals surface area contributed by atoms with Gasteiger partial charge in [0.15, 0.2) is 10.2 Å². The highest BCUT2D eigenvalue weighted by Crippen LogP contribution is 1.38. The molecule has 0 atom stereocenters. The summed E-state index contributed by atoms with van der Waals surface area (Å²) in [5, 5.41) is 21.5. The minimum absolute atomic E-state index is 1.25. The average molecular weight is 154 g/mol.